The Labute approximate surface area is 206 Å². The topological polar surface area (TPSA) is 95.9 Å². The van der Waals surface area contributed by atoms with E-state index in [4.69, 9.17) is 4.74 Å². The van der Waals surface area contributed by atoms with Gasteiger partial charge >= 0.3 is 12.1 Å². The van der Waals surface area contributed by atoms with Gasteiger partial charge < -0.3 is 20.1 Å². The first-order chi connectivity index (χ1) is 16.8. The first-order valence-corrected chi connectivity index (χ1v) is 12.5. The highest BCUT2D eigenvalue weighted by atomic mass is 16.5. The summed E-state index contributed by atoms with van der Waals surface area (Å²) in [5, 5.41) is 12.4. The van der Waals surface area contributed by atoms with Gasteiger partial charge in [0.2, 0.25) is 5.91 Å². The van der Waals surface area contributed by atoms with E-state index in [0.717, 1.165) is 35.1 Å². The predicted molar refractivity (Wildman–Crippen MR) is 133 cm³/mol. The van der Waals surface area contributed by atoms with E-state index < -0.39 is 23.5 Å². The van der Waals surface area contributed by atoms with Crippen LogP contribution in [0.1, 0.15) is 63.0 Å². The van der Waals surface area contributed by atoms with E-state index in [1.165, 1.54) is 0 Å². The van der Waals surface area contributed by atoms with Gasteiger partial charge in [-0.2, -0.15) is 0 Å². The summed E-state index contributed by atoms with van der Waals surface area (Å²) in [4.78, 5) is 39.4. The molecule has 2 aromatic rings. The fourth-order valence-corrected chi connectivity index (χ4v) is 5.27. The summed E-state index contributed by atoms with van der Waals surface area (Å²) >= 11 is 0. The van der Waals surface area contributed by atoms with Gasteiger partial charge in [-0.1, -0.05) is 68.3 Å². The van der Waals surface area contributed by atoms with Gasteiger partial charge in [-0.3, -0.25) is 9.59 Å². The van der Waals surface area contributed by atoms with E-state index >= 15 is 0 Å². The van der Waals surface area contributed by atoms with Gasteiger partial charge in [-0.15, -0.1) is 0 Å². The quantitative estimate of drug-likeness (QED) is 0.568. The molecule has 0 bridgehead atoms. The average Bonchev–Trinajstić information content (AvgIpc) is 3.18. The summed E-state index contributed by atoms with van der Waals surface area (Å²) in [6.45, 7) is 4.52. The zero-order chi connectivity index (χ0) is 25.0. The highest BCUT2D eigenvalue weighted by Gasteiger charge is 2.41. The van der Waals surface area contributed by atoms with Crippen molar-refractivity contribution in [1.82, 2.24) is 10.2 Å². The molecule has 4 rings (SSSR count). The molecule has 7 heteroatoms. The van der Waals surface area contributed by atoms with Crippen molar-refractivity contribution in [2.24, 2.45) is 5.41 Å². The highest BCUT2D eigenvalue weighted by Crippen LogP contribution is 2.44. The minimum Gasteiger partial charge on any atom is -0.481 e. The number of fused-ring (bicyclic) bond motifs is 3. The molecule has 1 heterocycles. The molecule has 2 atom stereocenters. The lowest BCUT2D eigenvalue weighted by molar-refractivity contribution is -0.154. The Morgan fingerprint density at radius 2 is 1.74 bits per heavy atom. The Balaban J connectivity index is 1.42. The van der Waals surface area contributed by atoms with Crippen LogP contribution in [0.5, 0.6) is 0 Å². The summed E-state index contributed by atoms with van der Waals surface area (Å²) in [5.74, 6) is -1.19. The van der Waals surface area contributed by atoms with Crippen molar-refractivity contribution in [2.45, 2.75) is 57.9 Å². The fourth-order valence-electron chi connectivity index (χ4n) is 5.27. The maximum absolute atomic E-state index is 13.3. The van der Waals surface area contributed by atoms with Crippen molar-refractivity contribution in [1.29, 1.82) is 0 Å². The van der Waals surface area contributed by atoms with E-state index in [-0.39, 0.29) is 25.0 Å². The molecule has 2 aromatic carbocycles. The number of aliphatic carboxylic acids is 1. The number of unbranched alkanes of at least 4 members (excludes halogenated alkanes) is 1. The minimum atomic E-state index is -0.965. The van der Waals surface area contributed by atoms with E-state index in [1.54, 1.807) is 11.8 Å². The molecule has 1 aliphatic carbocycles. The van der Waals surface area contributed by atoms with Crippen LogP contribution in [0.2, 0.25) is 0 Å². The molecule has 1 fully saturated rings. The van der Waals surface area contributed by atoms with Gasteiger partial charge in [0.1, 0.15) is 12.6 Å². The number of alkyl carbamates (subject to hydrolysis) is 1. The van der Waals surface area contributed by atoms with Crippen LogP contribution in [0.3, 0.4) is 0 Å². The number of nitrogens with one attached hydrogen (secondary N) is 1. The Kier molecular flexibility index (Phi) is 7.43. The summed E-state index contributed by atoms with van der Waals surface area (Å²) in [5.41, 5.74) is 3.59. The Bertz CT molecular complexity index is 1050. The summed E-state index contributed by atoms with van der Waals surface area (Å²) in [6.07, 6.45) is 2.66. The lowest BCUT2D eigenvalue weighted by Crippen LogP contribution is -2.54. The van der Waals surface area contributed by atoms with Crippen LogP contribution in [-0.4, -0.2) is 53.7 Å². The SMILES string of the molecule is CCCCC(NC(=O)OCC1c2ccccc2-c2ccccc21)C(=O)N1CCCC(C)(C(=O)O)C1. The molecule has 2 aliphatic rings. The van der Waals surface area contributed by atoms with Gasteiger partial charge in [0, 0.05) is 19.0 Å². The predicted octanol–water partition coefficient (Wildman–Crippen LogP) is 4.80. The van der Waals surface area contributed by atoms with Gasteiger partial charge in [0.15, 0.2) is 0 Å². The van der Waals surface area contributed by atoms with E-state index in [1.807, 2.05) is 31.2 Å². The molecule has 186 valence electrons. The number of carboxylic acids is 1. The number of hydrogen-bond donors (Lipinski definition) is 2. The number of amides is 2. The Morgan fingerprint density at radius 3 is 2.34 bits per heavy atom. The Morgan fingerprint density at radius 1 is 1.11 bits per heavy atom. The van der Waals surface area contributed by atoms with Crippen LogP contribution in [0.15, 0.2) is 48.5 Å². The number of carbonyl (C=O) groups excluding carboxylic acids is 2. The summed E-state index contributed by atoms with van der Waals surface area (Å²) in [6, 6.07) is 15.5. The highest BCUT2D eigenvalue weighted by molar-refractivity contribution is 5.87. The molecule has 1 saturated heterocycles. The molecular weight excluding hydrogens is 444 g/mol. The maximum atomic E-state index is 13.3. The smallest absolute Gasteiger partial charge is 0.407 e. The third kappa shape index (κ3) is 5.19. The van der Waals surface area contributed by atoms with E-state index in [9.17, 15) is 19.5 Å². The van der Waals surface area contributed by atoms with Crippen LogP contribution >= 0.6 is 0 Å². The number of benzene rings is 2. The molecule has 2 amide bonds. The van der Waals surface area contributed by atoms with Crippen molar-refractivity contribution in [2.75, 3.05) is 19.7 Å². The number of nitrogens with zero attached hydrogens (tertiary/aromatic N) is 1. The van der Waals surface area contributed by atoms with E-state index in [0.29, 0.717) is 25.8 Å². The van der Waals surface area contributed by atoms with Gasteiger partial charge in [0.05, 0.1) is 5.41 Å². The van der Waals surface area contributed by atoms with Crippen molar-refractivity contribution < 1.29 is 24.2 Å². The minimum absolute atomic E-state index is 0.0590. The summed E-state index contributed by atoms with van der Waals surface area (Å²) in [7, 11) is 0. The molecule has 2 unspecified atom stereocenters. The van der Waals surface area contributed by atoms with E-state index in [2.05, 4.69) is 29.6 Å². The van der Waals surface area contributed by atoms with Crippen LogP contribution in [0, 0.1) is 5.41 Å². The number of carbonyl (C=O) groups is 3. The van der Waals surface area contributed by atoms with Crippen LogP contribution in [0.25, 0.3) is 11.1 Å². The largest absolute Gasteiger partial charge is 0.481 e. The normalized spacial score (nSPS) is 20.0. The van der Waals surface area contributed by atoms with Crippen LogP contribution < -0.4 is 5.32 Å². The van der Waals surface area contributed by atoms with Crippen LogP contribution in [-0.2, 0) is 14.3 Å². The van der Waals surface area contributed by atoms with Crippen molar-refractivity contribution in [3.63, 3.8) is 0 Å². The molecule has 2 N–H and O–H groups in total. The number of carboxylic acid groups (broad SMARTS) is 1. The first kappa shape index (κ1) is 24.8. The molecule has 1 aliphatic heterocycles. The lowest BCUT2D eigenvalue weighted by Gasteiger charge is -2.39. The third-order valence-corrected chi connectivity index (χ3v) is 7.30. The molecule has 0 saturated carbocycles. The van der Waals surface area contributed by atoms with Crippen molar-refractivity contribution in [3.8, 4) is 11.1 Å². The molecule has 0 aromatic heterocycles. The van der Waals surface area contributed by atoms with Gasteiger partial charge in [-0.05, 0) is 48.4 Å². The number of ether oxygens (including phenoxy) is 1. The average molecular weight is 479 g/mol. The number of likely N-dealkylation sites (tertiary alicyclic amines) is 1. The Hall–Kier alpha value is -3.35. The van der Waals surface area contributed by atoms with Crippen molar-refractivity contribution >= 4 is 18.0 Å². The number of rotatable bonds is 8. The molecule has 7 nitrogen and oxygen atoms in total. The van der Waals surface area contributed by atoms with Crippen molar-refractivity contribution in [3.05, 3.63) is 59.7 Å². The summed E-state index contributed by atoms with van der Waals surface area (Å²) < 4.78 is 5.65. The molecular formula is C28H34N2O5. The zero-order valence-corrected chi connectivity index (χ0v) is 20.5. The second-order valence-electron chi connectivity index (χ2n) is 9.89. The second-order valence-corrected chi connectivity index (χ2v) is 9.89. The third-order valence-electron chi connectivity index (χ3n) is 7.30. The molecule has 35 heavy (non-hydrogen) atoms. The maximum Gasteiger partial charge on any atom is 0.407 e. The lowest BCUT2D eigenvalue weighted by atomic mass is 9.82. The molecule has 0 radical (unpaired) electrons. The zero-order valence-electron chi connectivity index (χ0n) is 20.5. The number of hydrogen-bond acceptors (Lipinski definition) is 4. The second kappa shape index (κ2) is 10.5. The number of piperidine rings is 1. The first-order valence-electron chi connectivity index (χ1n) is 12.5. The monoisotopic (exact) mass is 478 g/mol. The standard InChI is InChI=1S/C28H34N2O5/c1-3-4-14-24(25(31)30-16-9-15-28(2,18-30)26(32)33)29-27(34)35-17-23-21-12-7-5-10-19(21)20-11-6-8-13-22(20)23/h5-8,10-13,23-24H,3-4,9,14-18H2,1-2H3,(H,29,34)(H,32,33). The fraction of sp³-hybridized carbons (Fsp3) is 0.464. The van der Waals surface area contributed by atoms with Gasteiger partial charge in [-0.25, -0.2) is 4.79 Å². The molecule has 0 spiro atoms. The van der Waals surface area contributed by atoms with Gasteiger partial charge in [0.25, 0.3) is 0 Å². The van der Waals surface area contributed by atoms with Crippen LogP contribution in [0.4, 0.5) is 4.79 Å².